The molecule has 0 saturated carbocycles. The van der Waals surface area contributed by atoms with Crippen LogP contribution < -0.4 is 11.3 Å². The van der Waals surface area contributed by atoms with E-state index in [1.165, 1.54) is 0 Å². The fourth-order valence-corrected chi connectivity index (χ4v) is 1.69. The zero-order valence-corrected chi connectivity index (χ0v) is 8.98. The van der Waals surface area contributed by atoms with Gasteiger partial charge in [-0.1, -0.05) is 61.2 Å². The van der Waals surface area contributed by atoms with Crippen LogP contribution in [0.2, 0.25) is 0 Å². The summed E-state index contributed by atoms with van der Waals surface area (Å²) < 4.78 is 0. The molecular formula is C14H14N2. The summed E-state index contributed by atoms with van der Waals surface area (Å²) in [4.78, 5) is 0. The zero-order valence-electron chi connectivity index (χ0n) is 8.98. The van der Waals surface area contributed by atoms with Crippen molar-refractivity contribution >= 4 is 5.70 Å². The van der Waals surface area contributed by atoms with Gasteiger partial charge >= 0.3 is 0 Å². The van der Waals surface area contributed by atoms with Gasteiger partial charge in [-0.15, -0.1) is 0 Å². The smallest absolute Gasteiger partial charge is 0.0491 e. The molecule has 0 unspecified atom stereocenters. The minimum atomic E-state index is 0.722. The van der Waals surface area contributed by atoms with E-state index in [0.717, 1.165) is 22.4 Å². The van der Waals surface area contributed by atoms with E-state index in [0.29, 0.717) is 0 Å². The first kappa shape index (κ1) is 10.5. The molecule has 2 heteroatoms. The molecule has 0 amide bonds. The molecule has 0 radical (unpaired) electrons. The van der Waals surface area contributed by atoms with Gasteiger partial charge in [-0.3, -0.25) is 5.84 Å². The van der Waals surface area contributed by atoms with Crippen molar-refractivity contribution in [2.75, 3.05) is 0 Å². The Morgan fingerprint density at radius 1 is 0.938 bits per heavy atom. The van der Waals surface area contributed by atoms with Crippen molar-refractivity contribution in [1.29, 1.82) is 0 Å². The first-order valence-corrected chi connectivity index (χ1v) is 5.13. The van der Waals surface area contributed by atoms with E-state index in [1.54, 1.807) is 0 Å². The van der Waals surface area contributed by atoms with E-state index in [1.807, 2.05) is 36.4 Å². The van der Waals surface area contributed by atoms with Gasteiger partial charge < -0.3 is 5.43 Å². The molecule has 0 aromatic heterocycles. The number of nitrogens with one attached hydrogen (secondary N) is 1. The molecule has 0 saturated heterocycles. The van der Waals surface area contributed by atoms with Crippen LogP contribution in [0.5, 0.6) is 0 Å². The van der Waals surface area contributed by atoms with Crippen LogP contribution in [0.4, 0.5) is 0 Å². The van der Waals surface area contributed by atoms with Crippen LogP contribution in [-0.4, -0.2) is 0 Å². The highest BCUT2D eigenvalue weighted by molar-refractivity contribution is 5.79. The third kappa shape index (κ3) is 1.97. The van der Waals surface area contributed by atoms with Gasteiger partial charge in [-0.05, 0) is 11.1 Å². The van der Waals surface area contributed by atoms with Gasteiger partial charge in [0.05, 0.1) is 0 Å². The average Bonchev–Trinajstić information content (AvgIpc) is 2.39. The van der Waals surface area contributed by atoms with Crippen molar-refractivity contribution in [3.8, 4) is 11.1 Å². The summed E-state index contributed by atoms with van der Waals surface area (Å²) in [5.41, 5.74) is 6.64. The number of benzene rings is 2. The van der Waals surface area contributed by atoms with Crippen LogP contribution in [0, 0.1) is 0 Å². The Morgan fingerprint density at radius 2 is 1.56 bits per heavy atom. The normalized spacial score (nSPS) is 9.81. The van der Waals surface area contributed by atoms with Gasteiger partial charge in [-0.25, -0.2) is 0 Å². The fourth-order valence-electron chi connectivity index (χ4n) is 1.69. The highest BCUT2D eigenvalue weighted by atomic mass is 15.2. The predicted molar refractivity (Wildman–Crippen MR) is 68.2 cm³/mol. The third-order valence-electron chi connectivity index (χ3n) is 2.51. The molecule has 0 aliphatic carbocycles. The Kier molecular flexibility index (Phi) is 3.03. The molecule has 0 atom stereocenters. The summed E-state index contributed by atoms with van der Waals surface area (Å²) in [6, 6.07) is 18.2. The SMILES string of the molecule is C=C(NN)c1ccccc1-c1ccccc1. The van der Waals surface area contributed by atoms with Crippen molar-refractivity contribution in [3.63, 3.8) is 0 Å². The summed E-state index contributed by atoms with van der Waals surface area (Å²) in [7, 11) is 0. The van der Waals surface area contributed by atoms with Gasteiger partial charge in [0, 0.05) is 11.3 Å². The maximum absolute atomic E-state index is 5.40. The Balaban J connectivity index is 2.53. The van der Waals surface area contributed by atoms with Crippen LogP contribution >= 0.6 is 0 Å². The number of rotatable bonds is 3. The highest BCUT2D eigenvalue weighted by Crippen LogP contribution is 2.26. The molecule has 0 aliphatic rings. The van der Waals surface area contributed by atoms with Crippen molar-refractivity contribution in [2.45, 2.75) is 0 Å². The molecule has 3 N–H and O–H groups in total. The third-order valence-corrected chi connectivity index (χ3v) is 2.51. The Morgan fingerprint density at radius 3 is 2.25 bits per heavy atom. The number of nitrogens with two attached hydrogens (primary N) is 1. The summed E-state index contributed by atoms with van der Waals surface area (Å²) in [5, 5.41) is 0. The number of hydrogen-bond donors (Lipinski definition) is 2. The van der Waals surface area contributed by atoms with E-state index in [9.17, 15) is 0 Å². The second-order valence-corrected chi connectivity index (χ2v) is 3.53. The average molecular weight is 210 g/mol. The second kappa shape index (κ2) is 4.64. The van der Waals surface area contributed by atoms with E-state index in [2.05, 4.69) is 30.2 Å². The van der Waals surface area contributed by atoms with Crippen LogP contribution in [0.3, 0.4) is 0 Å². The van der Waals surface area contributed by atoms with E-state index < -0.39 is 0 Å². The Labute approximate surface area is 95.4 Å². The van der Waals surface area contributed by atoms with Crippen molar-refractivity contribution in [3.05, 3.63) is 66.7 Å². The fraction of sp³-hybridized carbons (Fsp3) is 0. The largest absolute Gasteiger partial charge is 0.324 e. The molecule has 2 nitrogen and oxygen atoms in total. The number of hydrazine groups is 1. The zero-order chi connectivity index (χ0) is 11.4. The maximum atomic E-state index is 5.40. The first-order chi connectivity index (χ1) is 7.83. The minimum Gasteiger partial charge on any atom is -0.324 e. The first-order valence-electron chi connectivity index (χ1n) is 5.13. The van der Waals surface area contributed by atoms with Crippen LogP contribution in [-0.2, 0) is 0 Å². The Hall–Kier alpha value is -2.06. The van der Waals surface area contributed by atoms with Crippen molar-refractivity contribution in [2.24, 2.45) is 5.84 Å². The predicted octanol–water partition coefficient (Wildman–Crippen LogP) is 2.79. The summed E-state index contributed by atoms with van der Waals surface area (Å²) in [5.74, 6) is 5.40. The Bertz CT molecular complexity index is 489. The van der Waals surface area contributed by atoms with Gasteiger partial charge in [-0.2, -0.15) is 0 Å². The van der Waals surface area contributed by atoms with Gasteiger partial charge in [0.1, 0.15) is 0 Å². The molecule has 2 aromatic carbocycles. The highest BCUT2D eigenvalue weighted by Gasteiger charge is 2.05. The summed E-state index contributed by atoms with van der Waals surface area (Å²) in [6.45, 7) is 3.89. The van der Waals surface area contributed by atoms with Gasteiger partial charge in [0.2, 0.25) is 0 Å². The standard InChI is InChI=1S/C14H14N2/c1-11(16-15)13-9-5-6-10-14(13)12-7-3-2-4-8-12/h2-10,16H,1,15H2. The molecule has 2 rings (SSSR count). The summed E-state index contributed by atoms with van der Waals surface area (Å²) in [6.07, 6.45) is 0. The molecular weight excluding hydrogens is 196 g/mol. The molecule has 0 aliphatic heterocycles. The van der Waals surface area contributed by atoms with E-state index in [4.69, 9.17) is 5.84 Å². The lowest BCUT2D eigenvalue weighted by molar-refractivity contribution is 0.996. The lowest BCUT2D eigenvalue weighted by Gasteiger charge is -2.11. The minimum absolute atomic E-state index is 0.722. The van der Waals surface area contributed by atoms with Crippen LogP contribution in [0.15, 0.2) is 61.2 Å². The van der Waals surface area contributed by atoms with Crippen molar-refractivity contribution < 1.29 is 0 Å². The molecule has 0 spiro atoms. The monoisotopic (exact) mass is 210 g/mol. The van der Waals surface area contributed by atoms with Gasteiger partial charge in [0.15, 0.2) is 0 Å². The van der Waals surface area contributed by atoms with Crippen LogP contribution in [0.25, 0.3) is 16.8 Å². The quantitative estimate of drug-likeness (QED) is 0.604. The van der Waals surface area contributed by atoms with Crippen molar-refractivity contribution in [1.82, 2.24) is 5.43 Å². The number of hydrogen-bond acceptors (Lipinski definition) is 2. The summed E-state index contributed by atoms with van der Waals surface area (Å²) >= 11 is 0. The molecule has 2 aromatic rings. The molecule has 0 heterocycles. The van der Waals surface area contributed by atoms with E-state index >= 15 is 0 Å². The lowest BCUT2D eigenvalue weighted by Crippen LogP contribution is -2.19. The molecule has 0 bridgehead atoms. The maximum Gasteiger partial charge on any atom is 0.0491 e. The molecule has 80 valence electrons. The van der Waals surface area contributed by atoms with Crippen LogP contribution in [0.1, 0.15) is 5.56 Å². The van der Waals surface area contributed by atoms with Gasteiger partial charge in [0.25, 0.3) is 0 Å². The molecule has 0 fully saturated rings. The lowest BCUT2D eigenvalue weighted by atomic mass is 9.98. The second-order valence-electron chi connectivity index (χ2n) is 3.53. The molecule has 16 heavy (non-hydrogen) atoms. The van der Waals surface area contributed by atoms with E-state index in [-0.39, 0.29) is 0 Å². The topological polar surface area (TPSA) is 38.0 Å².